The first-order valence-corrected chi connectivity index (χ1v) is 12.5. The van der Waals surface area contributed by atoms with Gasteiger partial charge in [0.1, 0.15) is 17.4 Å². The Labute approximate surface area is 222 Å². The number of esters is 1. The summed E-state index contributed by atoms with van der Waals surface area (Å²) in [4.78, 5) is 39.0. The molecule has 0 unspecified atom stereocenters. The molecule has 4 rings (SSSR count). The van der Waals surface area contributed by atoms with Crippen LogP contribution in [0, 0.1) is 11.8 Å². The molecule has 7 nitrogen and oxygen atoms in total. The van der Waals surface area contributed by atoms with E-state index in [9.17, 15) is 14.4 Å². The summed E-state index contributed by atoms with van der Waals surface area (Å²) in [6.45, 7) is 5.91. The molecule has 0 aliphatic carbocycles. The van der Waals surface area contributed by atoms with Crippen molar-refractivity contribution in [1.29, 1.82) is 0 Å². The molecule has 0 bridgehead atoms. The molecule has 2 amide bonds. The van der Waals surface area contributed by atoms with Crippen LogP contribution in [0.1, 0.15) is 55.1 Å². The van der Waals surface area contributed by atoms with Crippen LogP contribution in [0.2, 0.25) is 0 Å². The van der Waals surface area contributed by atoms with E-state index in [1.807, 2.05) is 18.2 Å². The Bertz CT molecular complexity index is 1350. The SMILES string of the molecule is CC(C)(C)OC(=O)N1CCC[C@@H]1C(=O)Nc1ccc(C#Cc2ccc(OC(=O)c3ccccc3)cc2)cc1. The van der Waals surface area contributed by atoms with Gasteiger partial charge in [-0.05, 0) is 94.3 Å². The van der Waals surface area contributed by atoms with Gasteiger partial charge in [-0.25, -0.2) is 9.59 Å². The van der Waals surface area contributed by atoms with Crippen LogP contribution >= 0.6 is 0 Å². The third kappa shape index (κ3) is 7.23. The van der Waals surface area contributed by atoms with E-state index in [-0.39, 0.29) is 5.91 Å². The van der Waals surface area contributed by atoms with Crippen molar-refractivity contribution in [3.8, 4) is 17.6 Å². The molecule has 0 aromatic heterocycles. The molecule has 0 spiro atoms. The second-order valence-electron chi connectivity index (χ2n) is 9.93. The molecule has 1 aliphatic rings. The Balaban J connectivity index is 1.32. The molecule has 1 saturated heterocycles. The predicted octanol–water partition coefficient (Wildman–Crippen LogP) is 5.64. The van der Waals surface area contributed by atoms with E-state index in [0.717, 1.165) is 17.5 Å². The lowest BCUT2D eigenvalue weighted by Gasteiger charge is -2.28. The van der Waals surface area contributed by atoms with E-state index in [1.165, 1.54) is 4.90 Å². The lowest BCUT2D eigenvalue weighted by Crippen LogP contribution is -2.45. The number of hydrogen-bond donors (Lipinski definition) is 1. The zero-order chi connectivity index (χ0) is 27.1. The molecule has 1 N–H and O–H groups in total. The van der Waals surface area contributed by atoms with E-state index < -0.39 is 23.7 Å². The van der Waals surface area contributed by atoms with Gasteiger partial charge in [0.05, 0.1) is 5.56 Å². The number of likely N-dealkylation sites (tertiary alicyclic amines) is 1. The minimum absolute atomic E-state index is 0.236. The molecule has 0 radical (unpaired) electrons. The average molecular weight is 511 g/mol. The summed E-state index contributed by atoms with van der Waals surface area (Å²) < 4.78 is 10.8. The van der Waals surface area contributed by atoms with E-state index in [0.29, 0.717) is 30.0 Å². The van der Waals surface area contributed by atoms with Gasteiger partial charge >= 0.3 is 12.1 Å². The molecule has 38 heavy (non-hydrogen) atoms. The average Bonchev–Trinajstić information content (AvgIpc) is 3.39. The van der Waals surface area contributed by atoms with Crippen LogP contribution in [0.5, 0.6) is 5.75 Å². The highest BCUT2D eigenvalue weighted by molar-refractivity contribution is 5.97. The third-order valence-electron chi connectivity index (χ3n) is 5.76. The Hall–Kier alpha value is -4.57. The van der Waals surface area contributed by atoms with E-state index >= 15 is 0 Å². The Kier molecular flexibility index (Phi) is 8.12. The quantitative estimate of drug-likeness (QED) is 0.279. The monoisotopic (exact) mass is 510 g/mol. The summed E-state index contributed by atoms with van der Waals surface area (Å²) in [6.07, 6.45) is 0.879. The Morgan fingerprint density at radius 1 is 0.868 bits per heavy atom. The first-order chi connectivity index (χ1) is 18.2. The molecule has 0 saturated carbocycles. The third-order valence-corrected chi connectivity index (χ3v) is 5.76. The molecule has 1 fully saturated rings. The number of hydrogen-bond acceptors (Lipinski definition) is 5. The fraction of sp³-hybridized carbons (Fsp3) is 0.258. The van der Waals surface area contributed by atoms with Crippen LogP contribution in [-0.2, 0) is 9.53 Å². The fourth-order valence-electron chi connectivity index (χ4n) is 3.93. The van der Waals surface area contributed by atoms with Gasteiger partial charge in [-0.3, -0.25) is 9.69 Å². The van der Waals surface area contributed by atoms with E-state index in [4.69, 9.17) is 9.47 Å². The zero-order valence-corrected chi connectivity index (χ0v) is 21.7. The minimum Gasteiger partial charge on any atom is -0.444 e. The van der Waals surface area contributed by atoms with Crippen molar-refractivity contribution in [3.63, 3.8) is 0 Å². The first kappa shape index (κ1) is 26.5. The molecule has 1 heterocycles. The number of rotatable bonds is 4. The van der Waals surface area contributed by atoms with Gasteiger partial charge in [-0.2, -0.15) is 0 Å². The lowest BCUT2D eigenvalue weighted by molar-refractivity contribution is -0.120. The number of anilines is 1. The number of amides is 2. The van der Waals surface area contributed by atoms with Crippen molar-refractivity contribution < 1.29 is 23.9 Å². The number of carbonyl (C=O) groups excluding carboxylic acids is 3. The van der Waals surface area contributed by atoms with Crippen LogP contribution in [0.15, 0.2) is 78.9 Å². The second kappa shape index (κ2) is 11.7. The second-order valence-corrected chi connectivity index (χ2v) is 9.93. The molecule has 1 aliphatic heterocycles. The topological polar surface area (TPSA) is 84.9 Å². The van der Waals surface area contributed by atoms with Crippen LogP contribution in [0.25, 0.3) is 0 Å². The molecule has 3 aromatic rings. The summed E-state index contributed by atoms with van der Waals surface area (Å²) in [5.41, 5.74) is 2.04. The smallest absolute Gasteiger partial charge is 0.410 e. The van der Waals surface area contributed by atoms with Gasteiger partial charge in [0.25, 0.3) is 0 Å². The van der Waals surface area contributed by atoms with Gasteiger partial charge in [0.15, 0.2) is 0 Å². The highest BCUT2D eigenvalue weighted by Crippen LogP contribution is 2.22. The molecular formula is C31H30N2O5. The summed E-state index contributed by atoms with van der Waals surface area (Å²) in [5, 5.41) is 2.89. The number of nitrogens with one attached hydrogen (secondary N) is 1. The van der Waals surface area contributed by atoms with Gasteiger partial charge in [0.2, 0.25) is 5.91 Å². The number of benzene rings is 3. The first-order valence-electron chi connectivity index (χ1n) is 12.5. The summed E-state index contributed by atoms with van der Waals surface area (Å²) >= 11 is 0. The maximum Gasteiger partial charge on any atom is 0.410 e. The van der Waals surface area contributed by atoms with Crippen molar-refractivity contribution in [2.75, 3.05) is 11.9 Å². The number of nitrogens with zero attached hydrogens (tertiary/aromatic N) is 1. The van der Waals surface area contributed by atoms with Crippen molar-refractivity contribution in [1.82, 2.24) is 4.90 Å². The van der Waals surface area contributed by atoms with E-state index in [1.54, 1.807) is 81.4 Å². The highest BCUT2D eigenvalue weighted by Gasteiger charge is 2.36. The van der Waals surface area contributed by atoms with Crippen molar-refractivity contribution in [3.05, 3.63) is 95.6 Å². The summed E-state index contributed by atoms with van der Waals surface area (Å²) in [5.74, 6) is 5.96. The highest BCUT2D eigenvalue weighted by atomic mass is 16.6. The Morgan fingerprint density at radius 3 is 2.08 bits per heavy atom. The van der Waals surface area contributed by atoms with Crippen LogP contribution in [-0.4, -0.2) is 41.1 Å². The molecule has 7 heteroatoms. The van der Waals surface area contributed by atoms with Gasteiger partial charge in [-0.1, -0.05) is 30.0 Å². The normalized spacial score (nSPS) is 14.7. The summed E-state index contributed by atoms with van der Waals surface area (Å²) in [6, 6.07) is 22.4. The van der Waals surface area contributed by atoms with E-state index in [2.05, 4.69) is 17.2 Å². The predicted molar refractivity (Wildman–Crippen MR) is 145 cm³/mol. The molecule has 194 valence electrons. The van der Waals surface area contributed by atoms with Gasteiger partial charge < -0.3 is 14.8 Å². The van der Waals surface area contributed by atoms with Crippen molar-refractivity contribution in [2.24, 2.45) is 0 Å². The maximum absolute atomic E-state index is 12.8. The lowest BCUT2D eigenvalue weighted by atomic mass is 10.1. The molecular weight excluding hydrogens is 480 g/mol. The maximum atomic E-state index is 12.8. The van der Waals surface area contributed by atoms with Crippen LogP contribution < -0.4 is 10.1 Å². The summed E-state index contributed by atoms with van der Waals surface area (Å²) in [7, 11) is 0. The Morgan fingerprint density at radius 2 is 1.47 bits per heavy atom. The van der Waals surface area contributed by atoms with Crippen LogP contribution in [0.4, 0.5) is 10.5 Å². The standard InChI is InChI=1S/C31H30N2O5/c1-31(2,3)38-30(36)33-21-7-10-27(33)28(34)32-25-17-13-22(14-18-25)11-12-23-15-19-26(20-16-23)37-29(35)24-8-5-4-6-9-24/h4-6,8-9,13-20,27H,7,10,21H2,1-3H3,(H,32,34)/t27-/m1/s1. The fourth-order valence-corrected chi connectivity index (χ4v) is 3.93. The molecule has 3 aromatic carbocycles. The zero-order valence-electron chi connectivity index (χ0n) is 21.7. The van der Waals surface area contributed by atoms with Crippen molar-refractivity contribution >= 4 is 23.7 Å². The molecule has 1 atom stereocenters. The van der Waals surface area contributed by atoms with Crippen molar-refractivity contribution in [2.45, 2.75) is 45.3 Å². The number of carbonyl (C=O) groups is 3. The van der Waals surface area contributed by atoms with Gasteiger partial charge in [0, 0.05) is 23.4 Å². The number of ether oxygens (including phenoxy) is 2. The van der Waals surface area contributed by atoms with Gasteiger partial charge in [-0.15, -0.1) is 0 Å². The minimum atomic E-state index is -0.616. The van der Waals surface area contributed by atoms with Crippen LogP contribution in [0.3, 0.4) is 0 Å². The largest absolute Gasteiger partial charge is 0.444 e.